The van der Waals surface area contributed by atoms with Gasteiger partial charge in [0.1, 0.15) is 0 Å². The molecule has 2 fully saturated rings. The lowest BCUT2D eigenvalue weighted by Gasteiger charge is -2.09. The molecule has 0 heterocycles. The van der Waals surface area contributed by atoms with E-state index >= 15 is 0 Å². The highest BCUT2D eigenvalue weighted by molar-refractivity contribution is 5.10. The Bertz CT molecular complexity index is 173. The third kappa shape index (κ3) is 1.20. The van der Waals surface area contributed by atoms with Crippen LogP contribution in [0.3, 0.4) is 0 Å². The van der Waals surface area contributed by atoms with Crippen molar-refractivity contribution in [2.45, 2.75) is 52.9 Å². The van der Waals surface area contributed by atoms with Gasteiger partial charge in [0.2, 0.25) is 0 Å². The van der Waals surface area contributed by atoms with Gasteiger partial charge in [-0.25, -0.2) is 0 Å². The minimum Gasteiger partial charge on any atom is -0.0654 e. The second-order valence-corrected chi connectivity index (χ2v) is 5.21. The molecule has 0 aromatic carbocycles. The molecule has 0 aromatic heterocycles. The summed E-state index contributed by atoms with van der Waals surface area (Å²) >= 11 is 0. The molecule has 0 radical (unpaired) electrons. The first-order valence-corrected chi connectivity index (χ1v) is 5.72. The van der Waals surface area contributed by atoms with Crippen LogP contribution >= 0.6 is 0 Å². The molecule has 2 aliphatic rings. The Labute approximate surface area is 76.7 Å². The van der Waals surface area contributed by atoms with Crippen LogP contribution in [0, 0.1) is 23.2 Å². The van der Waals surface area contributed by atoms with E-state index in [0.717, 1.165) is 23.2 Å². The van der Waals surface area contributed by atoms with E-state index in [1.165, 1.54) is 19.3 Å². The standard InChI is InChI=1S/C12H22/c1-4-6-10-8-12(10,3)11-7-9(11)5-2/h9-11H,4-8H2,1-3H3. The minimum atomic E-state index is 0.802. The first-order valence-electron chi connectivity index (χ1n) is 5.72. The van der Waals surface area contributed by atoms with Gasteiger partial charge in [-0.05, 0) is 36.0 Å². The van der Waals surface area contributed by atoms with E-state index in [2.05, 4.69) is 20.8 Å². The van der Waals surface area contributed by atoms with Gasteiger partial charge in [0, 0.05) is 0 Å². The molecule has 4 unspecified atom stereocenters. The summed E-state index contributed by atoms with van der Waals surface area (Å²) in [6.07, 6.45) is 7.40. The summed E-state index contributed by atoms with van der Waals surface area (Å²) in [5.74, 6) is 3.33. The van der Waals surface area contributed by atoms with Gasteiger partial charge in [-0.2, -0.15) is 0 Å². The van der Waals surface area contributed by atoms with E-state index in [1.807, 2.05) is 0 Å². The molecule has 0 nitrogen and oxygen atoms in total. The van der Waals surface area contributed by atoms with Crippen molar-refractivity contribution in [1.29, 1.82) is 0 Å². The van der Waals surface area contributed by atoms with Crippen molar-refractivity contribution in [3.63, 3.8) is 0 Å². The Morgan fingerprint density at radius 2 is 2.08 bits per heavy atom. The van der Waals surface area contributed by atoms with Gasteiger partial charge < -0.3 is 0 Å². The molecule has 2 rings (SSSR count). The summed E-state index contributed by atoms with van der Waals surface area (Å²) in [6.45, 7) is 7.21. The fourth-order valence-corrected chi connectivity index (χ4v) is 3.21. The maximum atomic E-state index is 2.54. The van der Waals surface area contributed by atoms with E-state index in [9.17, 15) is 0 Å². The van der Waals surface area contributed by atoms with Crippen molar-refractivity contribution in [3.05, 3.63) is 0 Å². The average Bonchev–Trinajstić information content (AvgIpc) is 2.88. The Morgan fingerprint density at radius 1 is 1.33 bits per heavy atom. The van der Waals surface area contributed by atoms with Gasteiger partial charge in [0.15, 0.2) is 0 Å². The summed E-state index contributed by atoms with van der Waals surface area (Å²) in [4.78, 5) is 0. The monoisotopic (exact) mass is 166 g/mol. The van der Waals surface area contributed by atoms with E-state index < -0.39 is 0 Å². The molecule has 70 valence electrons. The van der Waals surface area contributed by atoms with Gasteiger partial charge in [-0.3, -0.25) is 0 Å². The van der Waals surface area contributed by atoms with Crippen LogP contribution in [-0.4, -0.2) is 0 Å². The SMILES string of the molecule is CCCC1CC1(C)C1CC1CC. The van der Waals surface area contributed by atoms with Crippen LogP contribution in [0.4, 0.5) is 0 Å². The Balaban J connectivity index is 1.83. The molecule has 2 saturated carbocycles. The molecule has 0 aromatic rings. The van der Waals surface area contributed by atoms with Crippen LogP contribution < -0.4 is 0 Å². The lowest BCUT2D eigenvalue weighted by molar-refractivity contribution is 0.394. The van der Waals surface area contributed by atoms with Crippen molar-refractivity contribution in [2.75, 3.05) is 0 Å². The minimum absolute atomic E-state index is 0.802. The average molecular weight is 166 g/mol. The van der Waals surface area contributed by atoms with Crippen LogP contribution in [-0.2, 0) is 0 Å². The Hall–Kier alpha value is 0. The number of rotatable bonds is 4. The summed E-state index contributed by atoms with van der Waals surface area (Å²) in [6, 6.07) is 0. The fourth-order valence-electron chi connectivity index (χ4n) is 3.21. The van der Waals surface area contributed by atoms with Crippen LogP contribution in [0.1, 0.15) is 52.9 Å². The number of hydrogen-bond donors (Lipinski definition) is 0. The zero-order valence-electron chi connectivity index (χ0n) is 8.77. The van der Waals surface area contributed by atoms with Crippen LogP contribution in [0.25, 0.3) is 0 Å². The molecule has 0 spiro atoms. The summed E-state index contributed by atoms with van der Waals surface area (Å²) in [7, 11) is 0. The largest absolute Gasteiger partial charge is 0.0654 e. The molecule has 0 bridgehead atoms. The van der Waals surface area contributed by atoms with Gasteiger partial charge in [0.05, 0.1) is 0 Å². The van der Waals surface area contributed by atoms with Crippen molar-refractivity contribution in [2.24, 2.45) is 23.2 Å². The molecule has 0 heteroatoms. The van der Waals surface area contributed by atoms with Crippen molar-refractivity contribution in [3.8, 4) is 0 Å². The van der Waals surface area contributed by atoms with Crippen LogP contribution in [0.15, 0.2) is 0 Å². The van der Waals surface area contributed by atoms with Crippen LogP contribution in [0.2, 0.25) is 0 Å². The lowest BCUT2D eigenvalue weighted by atomic mass is 9.96. The fraction of sp³-hybridized carbons (Fsp3) is 1.00. The highest BCUT2D eigenvalue weighted by Crippen LogP contribution is 2.69. The van der Waals surface area contributed by atoms with Gasteiger partial charge in [-0.15, -0.1) is 0 Å². The second kappa shape index (κ2) is 2.75. The molecule has 4 atom stereocenters. The van der Waals surface area contributed by atoms with Crippen molar-refractivity contribution < 1.29 is 0 Å². The van der Waals surface area contributed by atoms with Gasteiger partial charge in [-0.1, -0.05) is 40.0 Å². The molecule has 0 amide bonds. The smallest absolute Gasteiger partial charge is 0.0263 e. The highest BCUT2D eigenvalue weighted by Gasteiger charge is 2.61. The van der Waals surface area contributed by atoms with Gasteiger partial charge in [0.25, 0.3) is 0 Å². The Morgan fingerprint density at radius 3 is 2.58 bits per heavy atom. The molecule has 0 saturated heterocycles. The zero-order chi connectivity index (χ0) is 8.77. The van der Waals surface area contributed by atoms with Crippen LogP contribution in [0.5, 0.6) is 0 Å². The second-order valence-electron chi connectivity index (χ2n) is 5.21. The predicted molar refractivity (Wildman–Crippen MR) is 53.0 cm³/mol. The third-order valence-electron chi connectivity index (χ3n) is 4.39. The molecule has 2 aliphatic carbocycles. The maximum absolute atomic E-state index is 2.54. The quantitative estimate of drug-likeness (QED) is 0.595. The number of hydrogen-bond acceptors (Lipinski definition) is 0. The van der Waals surface area contributed by atoms with E-state index in [-0.39, 0.29) is 0 Å². The van der Waals surface area contributed by atoms with Crippen molar-refractivity contribution in [1.82, 2.24) is 0 Å². The molecule has 0 N–H and O–H groups in total. The summed E-state index contributed by atoms with van der Waals surface area (Å²) in [5.41, 5.74) is 0.802. The van der Waals surface area contributed by atoms with E-state index in [0.29, 0.717) is 0 Å². The predicted octanol–water partition coefficient (Wildman–Crippen LogP) is 3.86. The first kappa shape index (κ1) is 8.59. The summed E-state index contributed by atoms with van der Waals surface area (Å²) < 4.78 is 0. The molecular formula is C12H22. The lowest BCUT2D eigenvalue weighted by Crippen LogP contribution is -2.02. The van der Waals surface area contributed by atoms with Gasteiger partial charge >= 0.3 is 0 Å². The summed E-state index contributed by atoms with van der Waals surface area (Å²) in [5, 5.41) is 0. The Kier molecular flexibility index (Phi) is 1.97. The molecular weight excluding hydrogens is 144 g/mol. The van der Waals surface area contributed by atoms with E-state index in [1.54, 1.807) is 12.8 Å². The molecule has 0 aliphatic heterocycles. The maximum Gasteiger partial charge on any atom is -0.0263 e. The third-order valence-corrected chi connectivity index (χ3v) is 4.39. The normalized spacial score (nSPS) is 50.8. The van der Waals surface area contributed by atoms with Crippen molar-refractivity contribution >= 4 is 0 Å². The topological polar surface area (TPSA) is 0 Å². The molecule has 12 heavy (non-hydrogen) atoms. The first-order chi connectivity index (χ1) is 5.72. The van der Waals surface area contributed by atoms with E-state index in [4.69, 9.17) is 0 Å². The zero-order valence-corrected chi connectivity index (χ0v) is 8.77. The highest BCUT2D eigenvalue weighted by atomic mass is 14.7.